The van der Waals surface area contributed by atoms with Gasteiger partial charge in [0.05, 0.1) is 24.4 Å². The van der Waals surface area contributed by atoms with Crippen LogP contribution in [0.2, 0.25) is 0 Å². The van der Waals surface area contributed by atoms with E-state index in [-0.39, 0.29) is 30.3 Å². The van der Waals surface area contributed by atoms with E-state index in [9.17, 15) is 4.79 Å². The minimum absolute atomic E-state index is 0.0252. The van der Waals surface area contributed by atoms with Crippen molar-refractivity contribution in [2.75, 3.05) is 6.61 Å². The van der Waals surface area contributed by atoms with Gasteiger partial charge in [-0.3, -0.25) is 10.1 Å². The highest BCUT2D eigenvalue weighted by atomic mass is 16.5. The summed E-state index contributed by atoms with van der Waals surface area (Å²) in [6, 6.07) is 0.224. The molecule has 0 aromatic rings. The highest BCUT2D eigenvalue weighted by molar-refractivity contribution is 5.85. The molecule has 4 heteroatoms. The Bertz CT molecular complexity index is 280. The van der Waals surface area contributed by atoms with Gasteiger partial charge in [0.2, 0.25) is 5.91 Å². The summed E-state index contributed by atoms with van der Waals surface area (Å²) in [5, 5.41) is 3.37. The number of nitrogens with zero attached hydrogens (tertiary/aromatic N) is 1. The molecule has 4 nitrogen and oxygen atoms in total. The van der Waals surface area contributed by atoms with E-state index in [4.69, 9.17) is 4.74 Å². The molecule has 0 bridgehead atoms. The van der Waals surface area contributed by atoms with E-state index >= 15 is 0 Å². The molecule has 0 aromatic heterocycles. The second-order valence-corrected chi connectivity index (χ2v) is 5.24. The maximum Gasteiger partial charge on any atom is 0.241 e. The van der Waals surface area contributed by atoms with Crippen LogP contribution in [-0.4, -0.2) is 41.8 Å². The topological polar surface area (TPSA) is 41.6 Å². The number of ether oxygens (including phenoxy) is 1. The van der Waals surface area contributed by atoms with Crippen molar-refractivity contribution < 1.29 is 9.53 Å². The van der Waals surface area contributed by atoms with Crippen molar-refractivity contribution in [3.8, 4) is 0 Å². The lowest BCUT2D eigenvalue weighted by Crippen LogP contribution is -2.46. The zero-order valence-electron chi connectivity index (χ0n) is 10.6. The van der Waals surface area contributed by atoms with Crippen LogP contribution in [0.3, 0.4) is 0 Å². The summed E-state index contributed by atoms with van der Waals surface area (Å²) in [7, 11) is 0. The normalized spacial score (nSPS) is 40.1. The third-order valence-corrected chi connectivity index (χ3v) is 3.72. The summed E-state index contributed by atoms with van der Waals surface area (Å²) in [5.74, 6) is 0.586. The molecular formula is C12H22N2O2. The molecule has 1 N–H and O–H groups in total. The molecular weight excluding hydrogens is 204 g/mol. The van der Waals surface area contributed by atoms with Gasteiger partial charge in [-0.1, -0.05) is 13.8 Å². The van der Waals surface area contributed by atoms with Gasteiger partial charge in [-0.05, 0) is 26.2 Å². The molecule has 0 aromatic carbocycles. The lowest BCUT2D eigenvalue weighted by Gasteiger charge is -2.29. The second kappa shape index (κ2) is 4.34. The number of hydrogen-bond acceptors (Lipinski definition) is 3. The van der Waals surface area contributed by atoms with Crippen molar-refractivity contribution in [2.24, 2.45) is 5.92 Å². The SMILES string of the molecule is CC(C)C1NC(C)N(C2CCOC2C)C1=O. The number of rotatable bonds is 2. The Labute approximate surface area is 97.3 Å². The molecule has 4 atom stereocenters. The highest BCUT2D eigenvalue weighted by Gasteiger charge is 2.44. The van der Waals surface area contributed by atoms with E-state index in [0.29, 0.717) is 5.92 Å². The molecule has 2 aliphatic rings. The van der Waals surface area contributed by atoms with Gasteiger partial charge in [0.25, 0.3) is 0 Å². The van der Waals surface area contributed by atoms with Gasteiger partial charge < -0.3 is 9.64 Å². The van der Waals surface area contributed by atoms with Gasteiger partial charge in [0.15, 0.2) is 0 Å². The van der Waals surface area contributed by atoms with Crippen LogP contribution in [0.4, 0.5) is 0 Å². The maximum absolute atomic E-state index is 12.3. The average molecular weight is 226 g/mol. The van der Waals surface area contributed by atoms with Gasteiger partial charge >= 0.3 is 0 Å². The maximum atomic E-state index is 12.3. The van der Waals surface area contributed by atoms with Crippen molar-refractivity contribution in [2.45, 2.75) is 58.5 Å². The minimum Gasteiger partial charge on any atom is -0.376 e. The van der Waals surface area contributed by atoms with Crippen molar-refractivity contribution >= 4 is 5.91 Å². The van der Waals surface area contributed by atoms with Crippen molar-refractivity contribution in [3.05, 3.63) is 0 Å². The van der Waals surface area contributed by atoms with E-state index in [1.54, 1.807) is 0 Å². The minimum atomic E-state index is -0.0252. The fourth-order valence-electron chi connectivity index (χ4n) is 2.78. The molecule has 4 unspecified atom stereocenters. The van der Waals surface area contributed by atoms with E-state index < -0.39 is 0 Å². The quantitative estimate of drug-likeness (QED) is 0.762. The van der Waals surface area contributed by atoms with E-state index in [0.717, 1.165) is 13.0 Å². The van der Waals surface area contributed by atoms with Crippen LogP contribution in [0.15, 0.2) is 0 Å². The summed E-state index contributed by atoms with van der Waals surface area (Å²) >= 11 is 0. The summed E-state index contributed by atoms with van der Waals surface area (Å²) < 4.78 is 5.55. The standard InChI is InChI=1S/C12H22N2O2/c1-7(2)11-12(15)14(9(4)13-11)10-5-6-16-8(10)3/h7-11,13H,5-6H2,1-4H3. The Morgan fingerprint density at radius 2 is 2.12 bits per heavy atom. The Balaban J connectivity index is 2.13. The smallest absolute Gasteiger partial charge is 0.241 e. The monoisotopic (exact) mass is 226 g/mol. The molecule has 0 radical (unpaired) electrons. The molecule has 16 heavy (non-hydrogen) atoms. The van der Waals surface area contributed by atoms with Crippen LogP contribution in [0.1, 0.15) is 34.1 Å². The molecule has 2 saturated heterocycles. The number of carbonyl (C=O) groups is 1. The molecule has 2 heterocycles. The Hall–Kier alpha value is -0.610. The molecule has 0 aliphatic carbocycles. The highest BCUT2D eigenvalue weighted by Crippen LogP contribution is 2.26. The van der Waals surface area contributed by atoms with Crippen LogP contribution in [0.25, 0.3) is 0 Å². The summed E-state index contributed by atoms with van der Waals surface area (Å²) in [4.78, 5) is 14.3. The predicted molar refractivity (Wildman–Crippen MR) is 61.9 cm³/mol. The first-order chi connectivity index (χ1) is 7.52. The van der Waals surface area contributed by atoms with Crippen LogP contribution in [0.5, 0.6) is 0 Å². The van der Waals surface area contributed by atoms with Crippen LogP contribution < -0.4 is 5.32 Å². The van der Waals surface area contributed by atoms with Gasteiger partial charge in [-0.25, -0.2) is 0 Å². The van der Waals surface area contributed by atoms with Crippen molar-refractivity contribution in [1.82, 2.24) is 10.2 Å². The first kappa shape index (κ1) is 11.9. The van der Waals surface area contributed by atoms with E-state index in [1.165, 1.54) is 0 Å². The van der Waals surface area contributed by atoms with Crippen molar-refractivity contribution in [1.29, 1.82) is 0 Å². The molecule has 0 spiro atoms. The lowest BCUT2D eigenvalue weighted by atomic mass is 10.0. The number of amides is 1. The molecule has 2 fully saturated rings. The molecule has 2 rings (SSSR count). The van der Waals surface area contributed by atoms with Crippen LogP contribution >= 0.6 is 0 Å². The predicted octanol–water partition coefficient (Wildman–Crippen LogP) is 0.966. The van der Waals surface area contributed by atoms with Gasteiger partial charge in [-0.2, -0.15) is 0 Å². The molecule has 0 saturated carbocycles. The fourth-order valence-corrected chi connectivity index (χ4v) is 2.78. The Morgan fingerprint density at radius 1 is 1.44 bits per heavy atom. The van der Waals surface area contributed by atoms with Gasteiger partial charge in [-0.15, -0.1) is 0 Å². The zero-order valence-corrected chi connectivity index (χ0v) is 10.6. The number of nitrogens with one attached hydrogen (secondary N) is 1. The fraction of sp³-hybridized carbons (Fsp3) is 0.917. The number of carbonyl (C=O) groups excluding carboxylic acids is 1. The largest absolute Gasteiger partial charge is 0.376 e. The number of hydrogen-bond donors (Lipinski definition) is 1. The average Bonchev–Trinajstić information content (AvgIpc) is 2.71. The summed E-state index contributed by atoms with van der Waals surface area (Å²) in [6.07, 6.45) is 1.26. The first-order valence-electron chi connectivity index (χ1n) is 6.22. The van der Waals surface area contributed by atoms with E-state index in [1.807, 2.05) is 4.90 Å². The van der Waals surface area contributed by atoms with Crippen LogP contribution in [0, 0.1) is 5.92 Å². The lowest BCUT2D eigenvalue weighted by molar-refractivity contribution is -0.133. The first-order valence-corrected chi connectivity index (χ1v) is 6.22. The molecule has 1 amide bonds. The van der Waals surface area contributed by atoms with Gasteiger partial charge in [0, 0.05) is 6.61 Å². The summed E-state index contributed by atoms with van der Waals surface area (Å²) in [5.41, 5.74) is 0. The van der Waals surface area contributed by atoms with Crippen molar-refractivity contribution in [3.63, 3.8) is 0 Å². The molecule has 2 aliphatic heterocycles. The van der Waals surface area contributed by atoms with Crippen LogP contribution in [-0.2, 0) is 9.53 Å². The second-order valence-electron chi connectivity index (χ2n) is 5.24. The third kappa shape index (κ3) is 1.84. The van der Waals surface area contributed by atoms with Gasteiger partial charge in [0.1, 0.15) is 0 Å². The zero-order chi connectivity index (χ0) is 11.9. The third-order valence-electron chi connectivity index (χ3n) is 3.72. The van der Waals surface area contributed by atoms with E-state index in [2.05, 4.69) is 33.0 Å². The summed E-state index contributed by atoms with van der Waals surface area (Å²) in [6.45, 7) is 9.06. The molecule has 92 valence electrons. The Morgan fingerprint density at radius 3 is 2.56 bits per heavy atom. The Kier molecular flexibility index (Phi) is 3.22.